The summed E-state index contributed by atoms with van der Waals surface area (Å²) in [5, 5.41) is 7.32. The van der Waals surface area contributed by atoms with Crippen molar-refractivity contribution in [1.82, 2.24) is 4.98 Å². The number of nitrogens with two attached hydrogens (primary N) is 1. The molecule has 1 aliphatic heterocycles. The Bertz CT molecular complexity index is 398. The first-order chi connectivity index (χ1) is 8.08. The van der Waals surface area contributed by atoms with Gasteiger partial charge >= 0.3 is 0 Å². The molecule has 1 aromatic rings. The van der Waals surface area contributed by atoms with Gasteiger partial charge in [-0.1, -0.05) is 6.92 Å². The fourth-order valence-electron chi connectivity index (χ4n) is 2.51. The number of hydrogen-bond acceptors (Lipinski definition) is 3. The first-order valence-corrected chi connectivity index (χ1v) is 6.15. The number of pyridine rings is 1. The Labute approximate surface area is 102 Å². The molecule has 1 fully saturated rings. The molecule has 2 atom stereocenters. The fourth-order valence-corrected chi connectivity index (χ4v) is 2.51. The Hall–Kier alpha value is -1.58. The van der Waals surface area contributed by atoms with Crippen LogP contribution < -0.4 is 10.6 Å². The van der Waals surface area contributed by atoms with Crippen molar-refractivity contribution in [1.29, 1.82) is 5.41 Å². The normalized spacial score (nSPS) is 24.7. The zero-order valence-electron chi connectivity index (χ0n) is 10.5. The van der Waals surface area contributed by atoms with Crippen LogP contribution in [0.25, 0.3) is 0 Å². The van der Waals surface area contributed by atoms with Crippen molar-refractivity contribution in [3.63, 3.8) is 0 Å². The maximum absolute atomic E-state index is 7.32. The molecule has 4 nitrogen and oxygen atoms in total. The van der Waals surface area contributed by atoms with Crippen molar-refractivity contribution in [2.75, 3.05) is 11.4 Å². The van der Waals surface area contributed by atoms with E-state index in [2.05, 4.69) is 23.7 Å². The molecule has 0 radical (unpaired) electrons. The average Bonchev–Trinajstić information content (AvgIpc) is 2.29. The summed E-state index contributed by atoms with van der Waals surface area (Å²) >= 11 is 0. The van der Waals surface area contributed by atoms with Crippen LogP contribution in [-0.2, 0) is 0 Å². The molecule has 4 heteroatoms. The van der Waals surface area contributed by atoms with E-state index in [-0.39, 0.29) is 5.84 Å². The van der Waals surface area contributed by atoms with Crippen LogP contribution >= 0.6 is 0 Å². The monoisotopic (exact) mass is 232 g/mol. The van der Waals surface area contributed by atoms with Crippen molar-refractivity contribution in [2.45, 2.75) is 32.7 Å². The summed E-state index contributed by atoms with van der Waals surface area (Å²) < 4.78 is 0. The van der Waals surface area contributed by atoms with E-state index in [9.17, 15) is 0 Å². The summed E-state index contributed by atoms with van der Waals surface area (Å²) in [6, 6.07) is 4.39. The second-order valence-electron chi connectivity index (χ2n) is 4.99. The van der Waals surface area contributed by atoms with Gasteiger partial charge in [-0.15, -0.1) is 0 Å². The summed E-state index contributed by atoms with van der Waals surface area (Å²) in [4.78, 5) is 6.60. The molecule has 1 aliphatic rings. The van der Waals surface area contributed by atoms with Gasteiger partial charge in [0.15, 0.2) is 0 Å². The standard InChI is InChI=1S/C13H20N4/c1-9-5-6-17(10(2)7-9)11-3-4-12(13(14)15)16-8-11/h3-4,8-10H,5-7H2,1-2H3,(H3,14,15). The summed E-state index contributed by atoms with van der Waals surface area (Å²) in [5.41, 5.74) is 7.08. The molecule has 2 unspecified atom stereocenters. The summed E-state index contributed by atoms with van der Waals surface area (Å²) in [6.07, 6.45) is 4.29. The Balaban J connectivity index is 2.14. The van der Waals surface area contributed by atoms with Crippen molar-refractivity contribution >= 4 is 11.5 Å². The number of piperidine rings is 1. The minimum absolute atomic E-state index is 0.0249. The van der Waals surface area contributed by atoms with E-state index < -0.39 is 0 Å². The van der Waals surface area contributed by atoms with Crippen molar-refractivity contribution < 1.29 is 0 Å². The topological polar surface area (TPSA) is 66.0 Å². The van der Waals surface area contributed by atoms with Crippen molar-refractivity contribution in [3.8, 4) is 0 Å². The Morgan fingerprint density at radius 3 is 2.76 bits per heavy atom. The van der Waals surface area contributed by atoms with Gasteiger partial charge in [0.1, 0.15) is 11.5 Å². The van der Waals surface area contributed by atoms with Crippen LogP contribution in [0.3, 0.4) is 0 Å². The second kappa shape index (κ2) is 4.73. The summed E-state index contributed by atoms with van der Waals surface area (Å²) in [5.74, 6) is 0.836. The largest absolute Gasteiger partial charge is 0.382 e. The highest BCUT2D eigenvalue weighted by Gasteiger charge is 2.23. The molecule has 2 heterocycles. The Kier molecular flexibility index (Phi) is 3.31. The molecule has 0 amide bonds. The van der Waals surface area contributed by atoms with Crippen LogP contribution in [-0.4, -0.2) is 23.4 Å². The third-order valence-electron chi connectivity index (χ3n) is 3.49. The molecule has 1 saturated heterocycles. The highest BCUT2D eigenvalue weighted by Crippen LogP contribution is 2.27. The lowest BCUT2D eigenvalue weighted by Gasteiger charge is -2.38. The van der Waals surface area contributed by atoms with Gasteiger partial charge in [-0.2, -0.15) is 0 Å². The average molecular weight is 232 g/mol. The molecule has 2 rings (SSSR count). The first-order valence-electron chi connectivity index (χ1n) is 6.15. The summed E-state index contributed by atoms with van der Waals surface area (Å²) in [7, 11) is 0. The van der Waals surface area contributed by atoms with Gasteiger partial charge in [-0.05, 0) is 37.8 Å². The number of rotatable bonds is 2. The van der Waals surface area contributed by atoms with E-state index in [0.717, 1.165) is 18.2 Å². The highest BCUT2D eigenvalue weighted by atomic mass is 15.2. The molecule has 3 N–H and O–H groups in total. The molecule has 17 heavy (non-hydrogen) atoms. The number of hydrogen-bond donors (Lipinski definition) is 2. The van der Waals surface area contributed by atoms with Crippen LogP contribution in [0.1, 0.15) is 32.4 Å². The lowest BCUT2D eigenvalue weighted by molar-refractivity contribution is 0.378. The predicted molar refractivity (Wildman–Crippen MR) is 70.5 cm³/mol. The molecule has 0 spiro atoms. The highest BCUT2D eigenvalue weighted by molar-refractivity contribution is 5.93. The van der Waals surface area contributed by atoms with E-state index in [4.69, 9.17) is 11.1 Å². The Morgan fingerprint density at radius 2 is 2.24 bits per heavy atom. The van der Waals surface area contributed by atoms with Gasteiger partial charge in [0.2, 0.25) is 0 Å². The first kappa shape index (κ1) is 11.9. The van der Waals surface area contributed by atoms with Crippen LogP contribution in [0, 0.1) is 11.3 Å². The van der Waals surface area contributed by atoms with Crippen molar-refractivity contribution in [2.24, 2.45) is 11.7 Å². The minimum atomic E-state index is 0.0249. The van der Waals surface area contributed by atoms with E-state index in [0.29, 0.717) is 11.7 Å². The van der Waals surface area contributed by atoms with Gasteiger partial charge in [0.25, 0.3) is 0 Å². The van der Waals surface area contributed by atoms with E-state index in [1.165, 1.54) is 12.8 Å². The van der Waals surface area contributed by atoms with Crippen LogP contribution in [0.15, 0.2) is 18.3 Å². The molecule has 1 aromatic heterocycles. The predicted octanol–water partition coefficient (Wildman–Crippen LogP) is 1.99. The van der Waals surface area contributed by atoms with E-state index >= 15 is 0 Å². The van der Waals surface area contributed by atoms with Gasteiger partial charge in [0, 0.05) is 12.6 Å². The van der Waals surface area contributed by atoms with Gasteiger partial charge < -0.3 is 10.6 Å². The third-order valence-corrected chi connectivity index (χ3v) is 3.49. The maximum Gasteiger partial charge on any atom is 0.141 e. The van der Waals surface area contributed by atoms with Crippen LogP contribution in [0.2, 0.25) is 0 Å². The zero-order valence-corrected chi connectivity index (χ0v) is 10.5. The molecule has 0 bridgehead atoms. The van der Waals surface area contributed by atoms with Gasteiger partial charge in [0.05, 0.1) is 11.9 Å². The lowest BCUT2D eigenvalue weighted by atomic mass is 9.93. The second-order valence-corrected chi connectivity index (χ2v) is 4.99. The SMILES string of the molecule is CC1CCN(c2ccc(C(=N)N)nc2)C(C)C1. The summed E-state index contributed by atoms with van der Waals surface area (Å²) in [6.45, 7) is 5.66. The molecular weight excluding hydrogens is 212 g/mol. The van der Waals surface area contributed by atoms with E-state index in [1.54, 1.807) is 0 Å². The molecule has 0 saturated carbocycles. The maximum atomic E-state index is 7.32. The quantitative estimate of drug-likeness (QED) is 0.605. The lowest BCUT2D eigenvalue weighted by Crippen LogP contribution is -2.40. The molecule has 92 valence electrons. The number of nitrogens with one attached hydrogen (secondary N) is 1. The third kappa shape index (κ3) is 2.57. The number of anilines is 1. The van der Waals surface area contributed by atoms with Crippen LogP contribution in [0.5, 0.6) is 0 Å². The van der Waals surface area contributed by atoms with Crippen LogP contribution in [0.4, 0.5) is 5.69 Å². The fraction of sp³-hybridized carbons (Fsp3) is 0.538. The molecular formula is C13H20N4. The van der Waals surface area contributed by atoms with Gasteiger partial charge in [-0.25, -0.2) is 0 Å². The molecule has 0 aliphatic carbocycles. The Morgan fingerprint density at radius 1 is 1.47 bits per heavy atom. The van der Waals surface area contributed by atoms with Crippen molar-refractivity contribution in [3.05, 3.63) is 24.0 Å². The van der Waals surface area contributed by atoms with E-state index in [1.807, 2.05) is 18.3 Å². The number of aromatic nitrogens is 1. The minimum Gasteiger partial charge on any atom is -0.382 e. The smallest absolute Gasteiger partial charge is 0.141 e. The zero-order chi connectivity index (χ0) is 12.4. The van der Waals surface area contributed by atoms with Gasteiger partial charge in [-0.3, -0.25) is 10.4 Å². The number of nitrogen functional groups attached to an aromatic ring is 1. The number of amidine groups is 1. The molecule has 0 aromatic carbocycles. The number of nitrogens with zero attached hydrogens (tertiary/aromatic N) is 2.